The molecule has 0 spiro atoms. The number of hydrogen-bond acceptors (Lipinski definition) is 5. The molecule has 0 aliphatic carbocycles. The van der Waals surface area contributed by atoms with Gasteiger partial charge in [-0.25, -0.2) is 13.8 Å². The number of rotatable bonds is 9. The van der Waals surface area contributed by atoms with Crippen molar-refractivity contribution in [2.45, 2.75) is 19.8 Å². The molecular formula is C20H25N3O4S. The smallest absolute Gasteiger partial charge is 0.260 e. The van der Waals surface area contributed by atoms with Crippen LogP contribution in [0.1, 0.15) is 18.9 Å². The number of para-hydroxylation sites is 2. The van der Waals surface area contributed by atoms with E-state index in [1.54, 1.807) is 24.3 Å². The van der Waals surface area contributed by atoms with Crippen LogP contribution in [0, 0.1) is 0 Å². The second-order valence-corrected chi connectivity index (χ2v) is 8.22. The van der Waals surface area contributed by atoms with Gasteiger partial charge in [-0.15, -0.1) is 0 Å². The van der Waals surface area contributed by atoms with E-state index in [4.69, 9.17) is 4.74 Å². The number of sulfonamides is 1. The van der Waals surface area contributed by atoms with Crippen LogP contribution in [0.3, 0.4) is 0 Å². The summed E-state index contributed by atoms with van der Waals surface area (Å²) >= 11 is 0. The Morgan fingerprint density at radius 1 is 1.11 bits per heavy atom. The molecule has 2 aromatic rings. The maximum absolute atomic E-state index is 12.3. The average molecular weight is 404 g/mol. The van der Waals surface area contributed by atoms with Crippen LogP contribution in [0.2, 0.25) is 0 Å². The largest absolute Gasteiger partial charge is 0.495 e. The molecule has 0 aliphatic rings. The summed E-state index contributed by atoms with van der Waals surface area (Å²) < 4.78 is 30.6. The van der Waals surface area contributed by atoms with Crippen LogP contribution >= 0.6 is 0 Å². The first kappa shape index (κ1) is 21.4. The van der Waals surface area contributed by atoms with Gasteiger partial charge in [0.25, 0.3) is 5.91 Å². The minimum absolute atomic E-state index is 0.299. The molecule has 8 heteroatoms. The van der Waals surface area contributed by atoms with Crippen LogP contribution in [-0.2, 0) is 21.2 Å². The van der Waals surface area contributed by atoms with Gasteiger partial charge in [0, 0.05) is 5.71 Å². The lowest BCUT2D eigenvalue weighted by Gasteiger charge is -2.23. The summed E-state index contributed by atoms with van der Waals surface area (Å²) in [6.45, 7) is 1.42. The summed E-state index contributed by atoms with van der Waals surface area (Å²) in [6, 6.07) is 16.6. The number of hydrogen-bond donors (Lipinski definition) is 1. The number of nitrogens with zero attached hydrogens (tertiary/aromatic N) is 2. The number of ether oxygens (including phenoxy) is 1. The van der Waals surface area contributed by atoms with Crippen molar-refractivity contribution in [1.82, 2.24) is 5.43 Å². The third-order valence-corrected chi connectivity index (χ3v) is 5.16. The van der Waals surface area contributed by atoms with Gasteiger partial charge in [0.2, 0.25) is 10.0 Å². The molecule has 2 rings (SSSR count). The Kier molecular flexibility index (Phi) is 7.57. The topological polar surface area (TPSA) is 88.1 Å². The van der Waals surface area contributed by atoms with E-state index in [1.165, 1.54) is 12.7 Å². The van der Waals surface area contributed by atoms with E-state index in [0.717, 1.165) is 22.7 Å². The number of carbonyl (C=O) groups is 1. The van der Waals surface area contributed by atoms with Crippen molar-refractivity contribution in [1.29, 1.82) is 0 Å². The number of methoxy groups -OCH3 is 1. The predicted octanol–water partition coefficient (Wildman–Crippen LogP) is 2.59. The molecule has 1 amide bonds. The van der Waals surface area contributed by atoms with Crippen LogP contribution < -0.4 is 14.5 Å². The third-order valence-electron chi connectivity index (χ3n) is 4.03. The molecule has 0 aromatic heterocycles. The van der Waals surface area contributed by atoms with E-state index in [0.29, 0.717) is 17.9 Å². The Labute approximate surface area is 166 Å². The molecule has 28 heavy (non-hydrogen) atoms. The monoisotopic (exact) mass is 403 g/mol. The van der Waals surface area contributed by atoms with Crippen LogP contribution in [0.25, 0.3) is 0 Å². The van der Waals surface area contributed by atoms with Crippen molar-refractivity contribution in [2.24, 2.45) is 5.10 Å². The van der Waals surface area contributed by atoms with E-state index >= 15 is 0 Å². The summed E-state index contributed by atoms with van der Waals surface area (Å²) in [7, 11) is -2.24. The van der Waals surface area contributed by atoms with Crippen LogP contribution in [0.4, 0.5) is 5.69 Å². The highest BCUT2D eigenvalue weighted by molar-refractivity contribution is 7.92. The van der Waals surface area contributed by atoms with Gasteiger partial charge >= 0.3 is 0 Å². The Morgan fingerprint density at radius 3 is 2.39 bits per heavy atom. The highest BCUT2D eigenvalue weighted by Crippen LogP contribution is 2.29. The fraction of sp³-hybridized carbons (Fsp3) is 0.300. The second kappa shape index (κ2) is 9.89. The van der Waals surface area contributed by atoms with Gasteiger partial charge in [-0.1, -0.05) is 42.5 Å². The van der Waals surface area contributed by atoms with Gasteiger partial charge < -0.3 is 4.74 Å². The van der Waals surface area contributed by atoms with Gasteiger partial charge in [0.15, 0.2) is 0 Å². The molecule has 1 N–H and O–H groups in total. The summed E-state index contributed by atoms with van der Waals surface area (Å²) in [5, 5.41) is 4.07. The Morgan fingerprint density at radius 2 is 1.75 bits per heavy atom. The Bertz CT molecular complexity index is 927. The molecule has 2 aromatic carbocycles. The molecule has 7 nitrogen and oxygen atoms in total. The van der Waals surface area contributed by atoms with Crippen molar-refractivity contribution in [3.05, 3.63) is 60.2 Å². The second-order valence-electron chi connectivity index (χ2n) is 6.31. The number of benzene rings is 2. The van der Waals surface area contributed by atoms with Crippen molar-refractivity contribution >= 4 is 27.3 Å². The highest BCUT2D eigenvalue weighted by Gasteiger charge is 2.23. The molecule has 0 atom stereocenters. The number of aryl methyl sites for hydroxylation is 1. The maximum atomic E-state index is 12.3. The first-order valence-electron chi connectivity index (χ1n) is 8.78. The van der Waals surface area contributed by atoms with Crippen molar-refractivity contribution < 1.29 is 17.9 Å². The maximum Gasteiger partial charge on any atom is 0.260 e. The van der Waals surface area contributed by atoms with Gasteiger partial charge in [0.05, 0.1) is 19.1 Å². The molecule has 0 heterocycles. The summed E-state index contributed by atoms with van der Waals surface area (Å²) in [5.74, 6) is -0.168. The zero-order chi connectivity index (χ0) is 20.6. The third kappa shape index (κ3) is 6.38. The standard InChI is InChI=1S/C20H25N3O4S/c1-16(13-14-17-9-5-4-6-10-17)21-22-20(24)15-23(28(3,25)26)18-11-7-8-12-19(18)27-2/h4-12H,13-15H2,1-3H3,(H,22,24). The van der Waals surface area contributed by atoms with E-state index in [1.807, 2.05) is 37.3 Å². The summed E-state index contributed by atoms with van der Waals surface area (Å²) in [4.78, 5) is 12.3. The SMILES string of the molecule is COc1ccccc1N(CC(=O)NN=C(C)CCc1ccccc1)S(C)(=O)=O. The number of carbonyl (C=O) groups excluding carboxylic acids is 1. The van der Waals surface area contributed by atoms with E-state index in [-0.39, 0.29) is 0 Å². The average Bonchev–Trinajstić information content (AvgIpc) is 2.68. The fourth-order valence-corrected chi connectivity index (χ4v) is 3.43. The Hall–Kier alpha value is -2.87. The molecule has 150 valence electrons. The van der Waals surface area contributed by atoms with Crippen LogP contribution in [-0.4, -0.2) is 39.9 Å². The number of anilines is 1. The van der Waals surface area contributed by atoms with Gasteiger partial charge in [0.1, 0.15) is 12.3 Å². The molecule has 0 bridgehead atoms. The summed E-state index contributed by atoms with van der Waals surface area (Å²) in [5.41, 5.74) is 4.66. The van der Waals surface area contributed by atoms with Crippen molar-refractivity contribution in [3.8, 4) is 5.75 Å². The van der Waals surface area contributed by atoms with Crippen molar-refractivity contribution in [3.63, 3.8) is 0 Å². The number of nitrogens with one attached hydrogen (secondary N) is 1. The minimum atomic E-state index is -3.69. The zero-order valence-corrected chi connectivity index (χ0v) is 17.1. The first-order valence-corrected chi connectivity index (χ1v) is 10.6. The lowest BCUT2D eigenvalue weighted by Crippen LogP contribution is -2.39. The summed E-state index contributed by atoms with van der Waals surface area (Å²) in [6.07, 6.45) is 2.54. The lowest BCUT2D eigenvalue weighted by molar-refractivity contribution is -0.119. The molecule has 0 saturated heterocycles. The van der Waals surface area contributed by atoms with E-state index in [2.05, 4.69) is 10.5 Å². The zero-order valence-electron chi connectivity index (χ0n) is 16.3. The highest BCUT2D eigenvalue weighted by atomic mass is 32.2. The van der Waals surface area contributed by atoms with E-state index < -0.39 is 22.5 Å². The van der Waals surface area contributed by atoms with Crippen molar-refractivity contribution in [2.75, 3.05) is 24.2 Å². The predicted molar refractivity (Wildman–Crippen MR) is 111 cm³/mol. The van der Waals surface area contributed by atoms with Crippen LogP contribution in [0.15, 0.2) is 59.7 Å². The minimum Gasteiger partial charge on any atom is -0.495 e. The normalized spacial score (nSPS) is 11.8. The number of hydrazone groups is 1. The molecule has 0 unspecified atom stereocenters. The lowest BCUT2D eigenvalue weighted by atomic mass is 10.1. The Balaban J connectivity index is 2.02. The fourth-order valence-electron chi connectivity index (χ4n) is 2.57. The number of amides is 1. The molecule has 0 radical (unpaired) electrons. The van der Waals surface area contributed by atoms with Gasteiger partial charge in [-0.05, 0) is 37.5 Å². The molecule has 0 aliphatic heterocycles. The van der Waals surface area contributed by atoms with Gasteiger partial charge in [-0.3, -0.25) is 9.10 Å². The van der Waals surface area contributed by atoms with E-state index in [9.17, 15) is 13.2 Å². The van der Waals surface area contributed by atoms with Crippen LogP contribution in [0.5, 0.6) is 5.75 Å². The first-order chi connectivity index (χ1) is 13.3. The quantitative estimate of drug-likeness (QED) is 0.515. The molecule has 0 saturated carbocycles. The molecule has 0 fully saturated rings. The van der Waals surface area contributed by atoms with Gasteiger partial charge in [-0.2, -0.15) is 5.10 Å². The molecular weight excluding hydrogens is 378 g/mol.